The SMILES string of the molecule is CC1CN(C(=O)c2nc(-c3ccc(C(C)(C)C)cc3)oc2-c2cccc(N(C)C)c2)CC(C)O1. The van der Waals surface area contributed by atoms with Crippen molar-refractivity contribution in [1.29, 1.82) is 0 Å². The molecule has 2 aromatic carbocycles. The third-order valence-corrected chi connectivity index (χ3v) is 6.16. The Morgan fingerprint density at radius 1 is 1.00 bits per heavy atom. The van der Waals surface area contributed by atoms with Crippen molar-refractivity contribution in [2.45, 2.75) is 52.2 Å². The Labute approximate surface area is 202 Å². The molecule has 34 heavy (non-hydrogen) atoms. The number of ether oxygens (including phenoxy) is 1. The first-order chi connectivity index (χ1) is 16.0. The van der Waals surface area contributed by atoms with Crippen LogP contribution in [0.3, 0.4) is 0 Å². The Morgan fingerprint density at radius 3 is 2.24 bits per heavy atom. The van der Waals surface area contributed by atoms with Crippen LogP contribution in [0.2, 0.25) is 0 Å². The molecule has 1 aliphatic heterocycles. The molecule has 0 aliphatic carbocycles. The molecule has 1 saturated heterocycles. The van der Waals surface area contributed by atoms with Gasteiger partial charge in [-0.1, -0.05) is 45.0 Å². The summed E-state index contributed by atoms with van der Waals surface area (Å²) in [5, 5.41) is 0. The average molecular weight is 462 g/mol. The monoisotopic (exact) mass is 461 g/mol. The summed E-state index contributed by atoms with van der Waals surface area (Å²) >= 11 is 0. The molecule has 1 aromatic heterocycles. The van der Waals surface area contributed by atoms with Crippen LogP contribution in [0.1, 0.15) is 50.7 Å². The van der Waals surface area contributed by atoms with Crippen molar-refractivity contribution in [3.63, 3.8) is 0 Å². The second-order valence-electron chi connectivity index (χ2n) is 10.4. The van der Waals surface area contributed by atoms with Crippen molar-refractivity contribution < 1.29 is 13.9 Å². The van der Waals surface area contributed by atoms with Crippen LogP contribution in [-0.2, 0) is 10.2 Å². The molecule has 4 rings (SSSR count). The lowest BCUT2D eigenvalue weighted by atomic mass is 9.87. The molecule has 0 bridgehead atoms. The molecule has 2 heterocycles. The highest BCUT2D eigenvalue weighted by Crippen LogP contribution is 2.34. The van der Waals surface area contributed by atoms with E-state index in [1.165, 1.54) is 5.56 Å². The minimum absolute atomic E-state index is 0.0236. The minimum Gasteiger partial charge on any atom is -0.435 e. The number of morpholine rings is 1. The first-order valence-corrected chi connectivity index (χ1v) is 11.9. The van der Waals surface area contributed by atoms with Crippen LogP contribution < -0.4 is 4.90 Å². The molecule has 6 heteroatoms. The third kappa shape index (κ3) is 5.02. The molecule has 2 unspecified atom stereocenters. The number of aromatic nitrogens is 1. The number of anilines is 1. The van der Waals surface area contributed by atoms with Crippen LogP contribution in [0, 0.1) is 0 Å². The number of hydrogen-bond acceptors (Lipinski definition) is 5. The summed E-state index contributed by atoms with van der Waals surface area (Å²) in [6.07, 6.45) is -0.0472. The van der Waals surface area contributed by atoms with E-state index in [0.29, 0.717) is 30.4 Å². The van der Waals surface area contributed by atoms with Crippen molar-refractivity contribution in [2.24, 2.45) is 0 Å². The summed E-state index contributed by atoms with van der Waals surface area (Å²) in [4.78, 5) is 22.3. The van der Waals surface area contributed by atoms with E-state index in [2.05, 4.69) is 32.9 Å². The average Bonchev–Trinajstić information content (AvgIpc) is 3.23. The lowest BCUT2D eigenvalue weighted by molar-refractivity contribution is -0.0587. The molecule has 0 spiro atoms. The summed E-state index contributed by atoms with van der Waals surface area (Å²) < 4.78 is 12.1. The van der Waals surface area contributed by atoms with Gasteiger partial charge in [0.05, 0.1) is 12.2 Å². The van der Waals surface area contributed by atoms with Crippen LogP contribution in [-0.4, -0.2) is 55.2 Å². The molecule has 6 nitrogen and oxygen atoms in total. The van der Waals surface area contributed by atoms with Crippen LogP contribution in [0.15, 0.2) is 52.9 Å². The largest absolute Gasteiger partial charge is 0.435 e. The molecular weight excluding hydrogens is 426 g/mol. The maximum Gasteiger partial charge on any atom is 0.276 e. The van der Waals surface area contributed by atoms with E-state index in [0.717, 1.165) is 16.8 Å². The second-order valence-corrected chi connectivity index (χ2v) is 10.4. The number of oxazole rings is 1. The number of carbonyl (C=O) groups is 1. The van der Waals surface area contributed by atoms with Gasteiger partial charge in [0.1, 0.15) is 0 Å². The predicted octanol–water partition coefficient (Wildman–Crippen LogP) is 5.62. The van der Waals surface area contributed by atoms with E-state index in [9.17, 15) is 4.79 Å². The standard InChI is InChI=1S/C28H35N3O3/c1-18-16-31(17-19(2)33-18)27(32)24-25(21-9-8-10-23(15-21)30(6)7)34-26(29-24)20-11-13-22(14-12-20)28(3,4)5/h8-15,18-19H,16-17H2,1-7H3. The van der Waals surface area contributed by atoms with Gasteiger partial charge in [0, 0.05) is 44.0 Å². The van der Waals surface area contributed by atoms with Crippen molar-refractivity contribution in [3.8, 4) is 22.8 Å². The van der Waals surface area contributed by atoms with Crippen LogP contribution in [0.4, 0.5) is 5.69 Å². The number of amides is 1. The topological polar surface area (TPSA) is 58.8 Å². The quantitative estimate of drug-likeness (QED) is 0.505. The van der Waals surface area contributed by atoms with Crippen molar-refractivity contribution in [3.05, 3.63) is 59.8 Å². The summed E-state index contributed by atoms with van der Waals surface area (Å²) in [6, 6.07) is 16.2. The maximum absolute atomic E-state index is 13.7. The predicted molar refractivity (Wildman–Crippen MR) is 136 cm³/mol. The molecular formula is C28H35N3O3. The molecule has 180 valence electrons. The third-order valence-electron chi connectivity index (χ3n) is 6.16. The fraction of sp³-hybridized carbons (Fsp3) is 0.429. The molecule has 0 saturated carbocycles. The minimum atomic E-state index is -0.131. The van der Waals surface area contributed by atoms with E-state index in [4.69, 9.17) is 14.1 Å². The van der Waals surface area contributed by atoms with Gasteiger partial charge in [0.15, 0.2) is 11.5 Å². The van der Waals surface area contributed by atoms with Gasteiger partial charge in [0.25, 0.3) is 5.91 Å². The normalized spacial score (nSPS) is 18.7. The Bertz CT molecular complexity index is 1150. The summed E-state index contributed by atoms with van der Waals surface area (Å²) in [6.45, 7) is 11.6. The maximum atomic E-state index is 13.7. The van der Waals surface area contributed by atoms with Crippen LogP contribution in [0.25, 0.3) is 22.8 Å². The first kappa shape index (κ1) is 24.0. The van der Waals surface area contributed by atoms with Crippen molar-refractivity contribution in [2.75, 3.05) is 32.1 Å². The zero-order chi connectivity index (χ0) is 24.6. The van der Waals surface area contributed by atoms with Gasteiger partial charge in [-0.05, 0) is 49.1 Å². The Morgan fingerprint density at radius 2 is 1.65 bits per heavy atom. The Kier molecular flexibility index (Phi) is 6.54. The number of hydrogen-bond donors (Lipinski definition) is 0. The fourth-order valence-corrected chi connectivity index (χ4v) is 4.32. The molecule has 0 N–H and O–H groups in total. The highest BCUT2D eigenvalue weighted by atomic mass is 16.5. The van der Waals surface area contributed by atoms with Crippen molar-refractivity contribution in [1.82, 2.24) is 9.88 Å². The van der Waals surface area contributed by atoms with E-state index in [1.807, 2.05) is 74.1 Å². The van der Waals surface area contributed by atoms with Gasteiger partial charge >= 0.3 is 0 Å². The van der Waals surface area contributed by atoms with E-state index < -0.39 is 0 Å². The molecule has 2 atom stereocenters. The number of carbonyl (C=O) groups excluding carboxylic acids is 1. The van der Waals surface area contributed by atoms with Gasteiger partial charge in [-0.3, -0.25) is 4.79 Å². The molecule has 3 aromatic rings. The van der Waals surface area contributed by atoms with Gasteiger partial charge in [-0.2, -0.15) is 0 Å². The number of nitrogens with zero attached hydrogens (tertiary/aromatic N) is 3. The lowest BCUT2D eigenvalue weighted by Gasteiger charge is -2.35. The van der Waals surface area contributed by atoms with Gasteiger partial charge in [-0.15, -0.1) is 0 Å². The van der Waals surface area contributed by atoms with E-state index >= 15 is 0 Å². The van der Waals surface area contributed by atoms with Crippen molar-refractivity contribution >= 4 is 11.6 Å². The summed E-state index contributed by atoms with van der Waals surface area (Å²) in [7, 11) is 3.98. The fourth-order valence-electron chi connectivity index (χ4n) is 4.32. The summed E-state index contributed by atoms with van der Waals surface area (Å²) in [5.74, 6) is 0.812. The first-order valence-electron chi connectivity index (χ1n) is 11.9. The molecule has 1 fully saturated rings. The van der Waals surface area contributed by atoms with Gasteiger partial charge in [-0.25, -0.2) is 4.98 Å². The van der Waals surface area contributed by atoms with Gasteiger partial charge in [0.2, 0.25) is 5.89 Å². The highest BCUT2D eigenvalue weighted by Gasteiger charge is 2.31. The lowest BCUT2D eigenvalue weighted by Crippen LogP contribution is -2.48. The molecule has 1 amide bonds. The highest BCUT2D eigenvalue weighted by molar-refractivity contribution is 5.98. The second kappa shape index (κ2) is 9.26. The smallest absolute Gasteiger partial charge is 0.276 e. The zero-order valence-corrected chi connectivity index (χ0v) is 21.3. The Balaban J connectivity index is 1.78. The van der Waals surface area contributed by atoms with Gasteiger partial charge < -0.3 is 19.0 Å². The van der Waals surface area contributed by atoms with E-state index in [1.54, 1.807) is 0 Å². The van der Waals surface area contributed by atoms with E-state index in [-0.39, 0.29) is 23.5 Å². The van der Waals surface area contributed by atoms with Crippen LogP contribution in [0.5, 0.6) is 0 Å². The number of benzene rings is 2. The number of rotatable bonds is 4. The molecule has 0 radical (unpaired) electrons. The Hall–Kier alpha value is -3.12. The summed E-state index contributed by atoms with van der Waals surface area (Å²) in [5.41, 5.74) is 4.32. The zero-order valence-electron chi connectivity index (χ0n) is 21.3. The molecule has 1 aliphatic rings. The van der Waals surface area contributed by atoms with Crippen LogP contribution >= 0.6 is 0 Å².